The number of H-pyrrole nitrogens is 1. The van der Waals surface area contributed by atoms with Gasteiger partial charge in [-0.25, -0.2) is 4.98 Å². The number of nitrogens with zero attached hydrogens (tertiary/aromatic N) is 1. The van der Waals surface area contributed by atoms with Gasteiger partial charge >= 0.3 is 0 Å². The van der Waals surface area contributed by atoms with E-state index in [9.17, 15) is 4.79 Å². The molecule has 2 aromatic carbocycles. The zero-order valence-electron chi connectivity index (χ0n) is 14.3. The molecule has 0 fully saturated rings. The monoisotopic (exact) mass is 402 g/mol. The minimum absolute atomic E-state index is 0.0237. The molecule has 1 aromatic heterocycles. The highest BCUT2D eigenvalue weighted by Crippen LogP contribution is 2.38. The Morgan fingerprint density at radius 1 is 1.20 bits per heavy atom. The maximum Gasteiger partial charge on any atom is 0.259 e. The second kappa shape index (κ2) is 7.27. The molecule has 0 aliphatic carbocycles. The first-order valence-electron chi connectivity index (χ1n) is 8.12. The van der Waals surface area contributed by atoms with Crippen molar-refractivity contribution in [3.8, 4) is 22.9 Å². The van der Waals surface area contributed by atoms with Crippen LogP contribution in [-0.2, 0) is 0 Å². The molecule has 0 amide bonds. The van der Waals surface area contributed by atoms with E-state index in [0.29, 0.717) is 34.8 Å². The van der Waals surface area contributed by atoms with Gasteiger partial charge in [0.05, 0.1) is 23.6 Å². The molecule has 5 nitrogen and oxygen atoms in total. The van der Waals surface area contributed by atoms with Crippen LogP contribution in [0.3, 0.4) is 0 Å². The van der Waals surface area contributed by atoms with E-state index in [0.717, 1.165) is 10.0 Å². The number of ether oxygens (including phenoxy) is 2. The number of hydrogen-bond donors (Lipinski definition) is 1. The summed E-state index contributed by atoms with van der Waals surface area (Å²) in [6, 6.07) is 10.9. The molecule has 0 saturated carbocycles. The summed E-state index contributed by atoms with van der Waals surface area (Å²) in [5.41, 5.74) is 1.21. The topological polar surface area (TPSA) is 64.2 Å². The van der Waals surface area contributed by atoms with Gasteiger partial charge in [0.1, 0.15) is 5.82 Å². The van der Waals surface area contributed by atoms with Crippen LogP contribution in [0.25, 0.3) is 22.3 Å². The number of fused-ring (bicyclic) bond motifs is 1. The van der Waals surface area contributed by atoms with E-state index in [1.165, 1.54) is 0 Å². The number of para-hydroxylation sites is 1. The molecule has 0 aliphatic heterocycles. The largest absolute Gasteiger partial charge is 0.490 e. The van der Waals surface area contributed by atoms with Crippen molar-refractivity contribution in [2.75, 3.05) is 6.61 Å². The van der Waals surface area contributed by atoms with E-state index in [2.05, 4.69) is 25.9 Å². The van der Waals surface area contributed by atoms with Gasteiger partial charge in [0.25, 0.3) is 5.56 Å². The van der Waals surface area contributed by atoms with Crippen molar-refractivity contribution in [2.24, 2.45) is 0 Å². The lowest BCUT2D eigenvalue weighted by Crippen LogP contribution is -2.10. The van der Waals surface area contributed by atoms with Crippen molar-refractivity contribution in [2.45, 2.75) is 26.9 Å². The van der Waals surface area contributed by atoms with Crippen LogP contribution in [0, 0.1) is 0 Å². The summed E-state index contributed by atoms with van der Waals surface area (Å²) in [7, 11) is 0. The summed E-state index contributed by atoms with van der Waals surface area (Å²) in [5.74, 6) is 1.74. The third-order valence-corrected chi connectivity index (χ3v) is 4.22. The van der Waals surface area contributed by atoms with Crippen LogP contribution in [0.4, 0.5) is 0 Å². The number of benzene rings is 2. The normalized spacial score (nSPS) is 11.1. The fourth-order valence-electron chi connectivity index (χ4n) is 2.54. The summed E-state index contributed by atoms with van der Waals surface area (Å²) in [6.07, 6.45) is 0.0237. The van der Waals surface area contributed by atoms with E-state index in [1.807, 2.05) is 51.1 Å². The highest BCUT2D eigenvalue weighted by molar-refractivity contribution is 9.10. The predicted molar refractivity (Wildman–Crippen MR) is 102 cm³/mol. The van der Waals surface area contributed by atoms with Gasteiger partial charge in [-0.1, -0.05) is 12.1 Å². The first-order chi connectivity index (χ1) is 12.0. The maximum atomic E-state index is 12.3. The van der Waals surface area contributed by atoms with Crippen molar-refractivity contribution in [3.05, 3.63) is 51.2 Å². The molecule has 3 aromatic rings. The highest BCUT2D eigenvalue weighted by atomic mass is 79.9. The molecular formula is C19H19BrN2O3. The highest BCUT2D eigenvalue weighted by Gasteiger charge is 2.15. The lowest BCUT2D eigenvalue weighted by molar-refractivity contribution is 0.224. The Morgan fingerprint density at radius 2 is 1.96 bits per heavy atom. The Balaban J connectivity index is 2.16. The smallest absolute Gasteiger partial charge is 0.259 e. The van der Waals surface area contributed by atoms with Gasteiger partial charge < -0.3 is 14.5 Å². The van der Waals surface area contributed by atoms with Gasteiger partial charge in [-0.3, -0.25) is 4.79 Å². The minimum Gasteiger partial charge on any atom is -0.490 e. The van der Waals surface area contributed by atoms with E-state index in [1.54, 1.807) is 6.07 Å². The second-order valence-electron chi connectivity index (χ2n) is 5.81. The van der Waals surface area contributed by atoms with Crippen LogP contribution >= 0.6 is 15.9 Å². The van der Waals surface area contributed by atoms with Gasteiger partial charge in [-0.2, -0.15) is 0 Å². The molecule has 6 heteroatoms. The van der Waals surface area contributed by atoms with Gasteiger partial charge in [-0.05, 0) is 61.0 Å². The van der Waals surface area contributed by atoms with Crippen LogP contribution in [0.15, 0.2) is 45.7 Å². The van der Waals surface area contributed by atoms with Crippen LogP contribution < -0.4 is 15.0 Å². The van der Waals surface area contributed by atoms with Crippen LogP contribution in [0.2, 0.25) is 0 Å². The molecule has 0 unspecified atom stereocenters. The Morgan fingerprint density at radius 3 is 2.68 bits per heavy atom. The number of nitrogens with one attached hydrogen (secondary N) is 1. The van der Waals surface area contributed by atoms with E-state index in [4.69, 9.17) is 9.47 Å². The number of hydrogen-bond acceptors (Lipinski definition) is 4. The van der Waals surface area contributed by atoms with Crippen LogP contribution in [-0.4, -0.2) is 22.7 Å². The Labute approximate surface area is 154 Å². The predicted octanol–water partition coefficient (Wildman–Crippen LogP) is 4.54. The maximum absolute atomic E-state index is 12.3. The molecule has 0 radical (unpaired) electrons. The fraction of sp³-hybridized carbons (Fsp3) is 0.263. The van der Waals surface area contributed by atoms with Crippen molar-refractivity contribution < 1.29 is 9.47 Å². The average Bonchev–Trinajstić information content (AvgIpc) is 2.57. The summed E-state index contributed by atoms with van der Waals surface area (Å²) in [6.45, 7) is 6.34. The third-order valence-electron chi connectivity index (χ3n) is 3.56. The van der Waals surface area contributed by atoms with Gasteiger partial charge in [0, 0.05) is 10.0 Å². The Hall–Kier alpha value is -2.34. The Kier molecular flexibility index (Phi) is 5.08. The van der Waals surface area contributed by atoms with Gasteiger partial charge in [0.2, 0.25) is 0 Å². The average molecular weight is 403 g/mol. The number of rotatable bonds is 5. The molecule has 25 heavy (non-hydrogen) atoms. The summed E-state index contributed by atoms with van der Waals surface area (Å²) in [4.78, 5) is 19.8. The van der Waals surface area contributed by atoms with E-state index < -0.39 is 0 Å². The first kappa shape index (κ1) is 17.5. The second-order valence-corrected chi connectivity index (χ2v) is 6.66. The van der Waals surface area contributed by atoms with Crippen LogP contribution in [0.5, 0.6) is 11.5 Å². The zero-order chi connectivity index (χ0) is 18.0. The third kappa shape index (κ3) is 3.69. The van der Waals surface area contributed by atoms with E-state index in [-0.39, 0.29) is 11.7 Å². The summed E-state index contributed by atoms with van der Waals surface area (Å²) < 4.78 is 12.3. The van der Waals surface area contributed by atoms with Crippen molar-refractivity contribution in [3.63, 3.8) is 0 Å². The van der Waals surface area contributed by atoms with Gasteiger partial charge in [-0.15, -0.1) is 0 Å². The molecule has 3 rings (SSSR count). The lowest BCUT2D eigenvalue weighted by Gasteiger charge is -2.16. The molecule has 0 atom stereocenters. The molecular weight excluding hydrogens is 384 g/mol. The fourth-order valence-corrected chi connectivity index (χ4v) is 3.06. The van der Waals surface area contributed by atoms with Crippen molar-refractivity contribution in [1.82, 2.24) is 9.97 Å². The summed E-state index contributed by atoms with van der Waals surface area (Å²) >= 11 is 3.55. The lowest BCUT2D eigenvalue weighted by atomic mass is 10.1. The number of aromatic nitrogens is 2. The molecule has 0 spiro atoms. The minimum atomic E-state index is -0.173. The molecule has 130 valence electrons. The SMILES string of the molecule is CCOc1cc(-c2nc3ccccc3c(=O)[nH]2)c(Br)cc1OC(C)C. The van der Waals surface area contributed by atoms with E-state index >= 15 is 0 Å². The van der Waals surface area contributed by atoms with Gasteiger partial charge in [0.15, 0.2) is 11.5 Å². The molecule has 0 bridgehead atoms. The molecule has 0 aliphatic rings. The number of aromatic amines is 1. The Bertz CT molecular complexity index is 967. The molecule has 0 saturated heterocycles. The molecule has 1 heterocycles. The molecule has 1 N–H and O–H groups in total. The zero-order valence-corrected chi connectivity index (χ0v) is 15.9. The van der Waals surface area contributed by atoms with Crippen molar-refractivity contribution in [1.29, 1.82) is 0 Å². The van der Waals surface area contributed by atoms with Crippen LogP contribution in [0.1, 0.15) is 20.8 Å². The standard InChI is InChI=1S/C19H19BrN2O3/c1-4-24-16-9-13(14(20)10-17(16)25-11(2)3)18-21-15-8-6-5-7-12(15)19(23)22-18/h5-11H,4H2,1-3H3,(H,21,22,23). The first-order valence-corrected chi connectivity index (χ1v) is 8.91. The summed E-state index contributed by atoms with van der Waals surface area (Å²) in [5, 5.41) is 0.562. The van der Waals surface area contributed by atoms with Crippen molar-refractivity contribution >= 4 is 26.8 Å². The quantitative estimate of drug-likeness (QED) is 0.680. The number of halogens is 1.